The predicted molar refractivity (Wildman–Crippen MR) is 120 cm³/mol. The van der Waals surface area contributed by atoms with Crippen molar-refractivity contribution >= 4 is 32.6 Å². The summed E-state index contributed by atoms with van der Waals surface area (Å²) in [6, 6.07) is 6.41. The number of nitrogens with zero attached hydrogens (tertiary/aromatic N) is 2. The first kappa shape index (κ1) is 20.5. The summed E-state index contributed by atoms with van der Waals surface area (Å²) in [6.45, 7) is 9.00. The Balaban J connectivity index is 1.42. The normalized spacial score (nSPS) is 27.8. The number of anilines is 1. The summed E-state index contributed by atoms with van der Waals surface area (Å²) in [5, 5.41) is 4.41. The lowest BCUT2D eigenvalue weighted by molar-refractivity contribution is -0.126. The number of thiazole rings is 1. The molecule has 1 aliphatic carbocycles. The van der Waals surface area contributed by atoms with Gasteiger partial charge in [0.05, 0.1) is 22.7 Å². The lowest BCUT2D eigenvalue weighted by Crippen LogP contribution is -2.49. The zero-order valence-electron chi connectivity index (χ0n) is 17.8. The second-order valence-corrected chi connectivity index (χ2v) is 9.74. The van der Waals surface area contributed by atoms with Crippen LogP contribution in [0.1, 0.15) is 52.9 Å². The molecule has 1 amide bonds. The maximum absolute atomic E-state index is 13.0. The Kier molecular flexibility index (Phi) is 6.28. The Morgan fingerprint density at radius 3 is 2.97 bits per heavy atom. The van der Waals surface area contributed by atoms with E-state index in [-0.39, 0.29) is 11.8 Å². The van der Waals surface area contributed by atoms with Gasteiger partial charge < -0.3 is 15.0 Å². The smallest absolute Gasteiger partial charge is 0.225 e. The number of aromatic nitrogens is 1. The summed E-state index contributed by atoms with van der Waals surface area (Å²) >= 11 is 1.70. The van der Waals surface area contributed by atoms with Crippen LogP contribution in [0.25, 0.3) is 10.2 Å². The van der Waals surface area contributed by atoms with Crippen molar-refractivity contribution in [1.29, 1.82) is 0 Å². The fourth-order valence-corrected chi connectivity index (χ4v) is 5.76. The Morgan fingerprint density at radius 2 is 2.14 bits per heavy atom. The van der Waals surface area contributed by atoms with Gasteiger partial charge in [0.15, 0.2) is 5.13 Å². The van der Waals surface area contributed by atoms with Gasteiger partial charge in [-0.15, -0.1) is 0 Å². The molecule has 2 fully saturated rings. The highest BCUT2D eigenvalue weighted by Gasteiger charge is 2.32. The van der Waals surface area contributed by atoms with E-state index in [1.807, 2.05) is 19.1 Å². The summed E-state index contributed by atoms with van der Waals surface area (Å²) in [7, 11) is 0. The van der Waals surface area contributed by atoms with Gasteiger partial charge in [0.2, 0.25) is 5.91 Å². The van der Waals surface area contributed by atoms with E-state index in [2.05, 4.69) is 30.1 Å². The van der Waals surface area contributed by atoms with Crippen molar-refractivity contribution in [3.63, 3.8) is 0 Å². The molecule has 1 aliphatic heterocycles. The summed E-state index contributed by atoms with van der Waals surface area (Å²) in [4.78, 5) is 20.1. The standard InChI is InChI=1S/C23H33N3O2S/c1-4-28-18-10-11-20-21(13-18)29-23(25-20)26-12-6-8-17(14-26)22(27)24-19-9-5-7-15(2)16(19)3/h10-11,13,15-17,19H,4-9,12,14H2,1-3H3,(H,24,27)/t15-,16-,17+,19-/m1/s1. The summed E-state index contributed by atoms with van der Waals surface area (Å²) in [5.41, 5.74) is 1.00. The SMILES string of the molecule is CCOc1ccc2nc(N3CCC[C@H](C(=O)N[C@@H]4CCC[C@@H](C)[C@H]4C)C3)sc2c1. The number of rotatable bonds is 5. The second kappa shape index (κ2) is 8.90. The number of carbonyl (C=O) groups is 1. The number of amides is 1. The molecule has 1 N–H and O–H groups in total. The molecular formula is C23H33N3O2S. The molecule has 1 saturated carbocycles. The molecule has 1 aromatic carbocycles. The van der Waals surface area contributed by atoms with Gasteiger partial charge in [-0.1, -0.05) is 38.0 Å². The minimum atomic E-state index is 0.0548. The van der Waals surface area contributed by atoms with Crippen LogP contribution in [0.5, 0.6) is 5.75 Å². The lowest BCUT2D eigenvalue weighted by atomic mass is 9.78. The average molecular weight is 416 g/mol. The van der Waals surface area contributed by atoms with Gasteiger partial charge in [-0.25, -0.2) is 4.98 Å². The average Bonchev–Trinajstić information content (AvgIpc) is 3.15. The molecule has 0 unspecified atom stereocenters. The van der Waals surface area contributed by atoms with E-state index in [0.29, 0.717) is 24.5 Å². The minimum absolute atomic E-state index is 0.0548. The number of benzene rings is 1. The largest absolute Gasteiger partial charge is 0.494 e. The van der Waals surface area contributed by atoms with Crippen LogP contribution in [-0.2, 0) is 4.79 Å². The van der Waals surface area contributed by atoms with E-state index in [9.17, 15) is 4.79 Å². The number of hydrogen-bond donors (Lipinski definition) is 1. The molecule has 6 heteroatoms. The highest BCUT2D eigenvalue weighted by molar-refractivity contribution is 7.22. The third kappa shape index (κ3) is 4.52. The first-order chi connectivity index (χ1) is 14.0. The molecule has 1 aromatic heterocycles. The molecule has 29 heavy (non-hydrogen) atoms. The van der Waals surface area contributed by atoms with Gasteiger partial charge in [0.25, 0.3) is 0 Å². The molecule has 158 valence electrons. The predicted octanol–water partition coefficient (Wildman–Crippen LogP) is 4.85. The highest BCUT2D eigenvalue weighted by atomic mass is 32.1. The Morgan fingerprint density at radius 1 is 1.28 bits per heavy atom. The molecule has 2 aliphatic rings. The van der Waals surface area contributed by atoms with E-state index >= 15 is 0 Å². The van der Waals surface area contributed by atoms with Crippen LogP contribution >= 0.6 is 11.3 Å². The van der Waals surface area contributed by atoms with Crippen molar-refractivity contribution in [3.05, 3.63) is 18.2 Å². The molecule has 2 heterocycles. The van der Waals surface area contributed by atoms with Gasteiger partial charge in [-0.05, 0) is 56.2 Å². The Labute approximate surface area is 177 Å². The second-order valence-electron chi connectivity index (χ2n) is 8.73. The molecule has 1 saturated heterocycles. The number of hydrogen-bond acceptors (Lipinski definition) is 5. The van der Waals surface area contributed by atoms with Crippen molar-refractivity contribution in [2.75, 3.05) is 24.6 Å². The van der Waals surface area contributed by atoms with Crippen LogP contribution < -0.4 is 15.0 Å². The molecular weight excluding hydrogens is 382 g/mol. The van der Waals surface area contributed by atoms with E-state index in [1.54, 1.807) is 11.3 Å². The topological polar surface area (TPSA) is 54.5 Å². The van der Waals surface area contributed by atoms with Crippen molar-refractivity contribution < 1.29 is 9.53 Å². The van der Waals surface area contributed by atoms with Gasteiger partial charge >= 0.3 is 0 Å². The first-order valence-electron chi connectivity index (χ1n) is 11.1. The third-order valence-electron chi connectivity index (χ3n) is 6.76. The van der Waals surface area contributed by atoms with Crippen LogP contribution in [0.15, 0.2) is 18.2 Å². The third-order valence-corrected chi connectivity index (χ3v) is 7.84. The highest BCUT2D eigenvalue weighted by Crippen LogP contribution is 2.34. The minimum Gasteiger partial charge on any atom is -0.494 e. The number of fused-ring (bicyclic) bond motifs is 1. The molecule has 4 atom stereocenters. The first-order valence-corrected chi connectivity index (χ1v) is 12.0. The monoisotopic (exact) mass is 415 g/mol. The van der Waals surface area contributed by atoms with E-state index in [0.717, 1.165) is 53.4 Å². The lowest BCUT2D eigenvalue weighted by Gasteiger charge is -2.37. The maximum atomic E-state index is 13.0. The van der Waals surface area contributed by atoms with Crippen LogP contribution in [0.3, 0.4) is 0 Å². The number of nitrogens with one attached hydrogen (secondary N) is 1. The van der Waals surface area contributed by atoms with Gasteiger partial charge in [-0.3, -0.25) is 4.79 Å². The fraction of sp³-hybridized carbons (Fsp3) is 0.652. The van der Waals surface area contributed by atoms with E-state index in [1.165, 1.54) is 12.8 Å². The van der Waals surface area contributed by atoms with Crippen LogP contribution in [0, 0.1) is 17.8 Å². The Bertz CT molecular complexity index is 852. The summed E-state index contributed by atoms with van der Waals surface area (Å²) < 4.78 is 6.76. The number of ether oxygens (including phenoxy) is 1. The molecule has 0 radical (unpaired) electrons. The number of carbonyl (C=O) groups excluding carboxylic acids is 1. The zero-order valence-corrected chi connectivity index (χ0v) is 18.6. The Hall–Kier alpha value is -1.82. The summed E-state index contributed by atoms with van der Waals surface area (Å²) in [5.74, 6) is 2.44. The van der Waals surface area contributed by atoms with Gasteiger partial charge in [0.1, 0.15) is 5.75 Å². The molecule has 0 spiro atoms. The van der Waals surface area contributed by atoms with Crippen molar-refractivity contribution in [2.45, 2.75) is 58.9 Å². The van der Waals surface area contributed by atoms with Crippen LogP contribution in [0.4, 0.5) is 5.13 Å². The van der Waals surface area contributed by atoms with Gasteiger partial charge in [-0.2, -0.15) is 0 Å². The van der Waals surface area contributed by atoms with E-state index < -0.39 is 0 Å². The molecule has 2 aromatic rings. The quantitative estimate of drug-likeness (QED) is 0.758. The molecule has 4 rings (SSSR count). The van der Waals surface area contributed by atoms with E-state index in [4.69, 9.17) is 9.72 Å². The van der Waals surface area contributed by atoms with Crippen molar-refractivity contribution in [2.24, 2.45) is 17.8 Å². The van der Waals surface area contributed by atoms with Crippen LogP contribution in [0.2, 0.25) is 0 Å². The number of piperidine rings is 1. The molecule has 5 nitrogen and oxygen atoms in total. The van der Waals surface area contributed by atoms with Gasteiger partial charge in [0, 0.05) is 19.1 Å². The van der Waals surface area contributed by atoms with Crippen molar-refractivity contribution in [3.8, 4) is 5.75 Å². The maximum Gasteiger partial charge on any atom is 0.225 e. The van der Waals surface area contributed by atoms with Crippen LogP contribution in [-0.4, -0.2) is 36.6 Å². The fourth-order valence-electron chi connectivity index (χ4n) is 4.74. The molecule has 0 bridgehead atoms. The zero-order chi connectivity index (χ0) is 20.4. The summed E-state index contributed by atoms with van der Waals surface area (Å²) in [6.07, 6.45) is 5.64. The van der Waals surface area contributed by atoms with Crippen molar-refractivity contribution in [1.82, 2.24) is 10.3 Å².